The quantitative estimate of drug-likeness (QED) is 0.528. The van der Waals surface area contributed by atoms with E-state index < -0.39 is 17.3 Å². The fourth-order valence-corrected chi connectivity index (χ4v) is 0.895. The first-order valence-electron chi connectivity index (χ1n) is 5.38. The number of halogens is 1. The molecule has 0 aliphatic rings. The van der Waals surface area contributed by atoms with Gasteiger partial charge < -0.3 is 10.1 Å². The molecular formula is C10H19ClN2O3. The molecule has 0 saturated carbocycles. The van der Waals surface area contributed by atoms with Crippen molar-refractivity contribution < 1.29 is 14.3 Å². The Balaban J connectivity index is 3.41. The number of nitrogens with one attached hydrogen (secondary N) is 2. The SMILES string of the molecule is CCCCOCCNC(=O)NC(=O)C(C)Cl. The number of carbonyl (C=O) groups is 2. The smallest absolute Gasteiger partial charge is 0.321 e. The van der Waals surface area contributed by atoms with Gasteiger partial charge >= 0.3 is 6.03 Å². The molecule has 5 nitrogen and oxygen atoms in total. The van der Waals surface area contributed by atoms with Crippen LogP contribution in [-0.2, 0) is 9.53 Å². The van der Waals surface area contributed by atoms with E-state index in [0.29, 0.717) is 19.8 Å². The number of unbranched alkanes of at least 4 members (excludes halogenated alkanes) is 1. The Labute approximate surface area is 101 Å². The molecule has 0 spiro atoms. The van der Waals surface area contributed by atoms with Crippen LogP contribution < -0.4 is 10.6 Å². The fraction of sp³-hybridized carbons (Fsp3) is 0.800. The van der Waals surface area contributed by atoms with Crippen molar-refractivity contribution in [2.45, 2.75) is 32.1 Å². The van der Waals surface area contributed by atoms with E-state index in [9.17, 15) is 9.59 Å². The second-order valence-electron chi connectivity index (χ2n) is 3.33. The van der Waals surface area contributed by atoms with E-state index in [1.54, 1.807) is 0 Å². The number of urea groups is 1. The Kier molecular flexibility index (Phi) is 8.94. The van der Waals surface area contributed by atoms with Gasteiger partial charge in [-0.25, -0.2) is 4.79 Å². The molecule has 0 heterocycles. The van der Waals surface area contributed by atoms with Gasteiger partial charge in [0, 0.05) is 13.2 Å². The van der Waals surface area contributed by atoms with Crippen LogP contribution in [0.15, 0.2) is 0 Å². The summed E-state index contributed by atoms with van der Waals surface area (Å²) in [7, 11) is 0. The van der Waals surface area contributed by atoms with Crippen molar-refractivity contribution in [2.24, 2.45) is 0 Å². The molecule has 0 aromatic carbocycles. The number of hydrogen-bond donors (Lipinski definition) is 2. The van der Waals surface area contributed by atoms with Crippen LogP contribution in [0.5, 0.6) is 0 Å². The number of alkyl halides is 1. The van der Waals surface area contributed by atoms with Gasteiger partial charge in [-0.1, -0.05) is 13.3 Å². The number of imide groups is 1. The van der Waals surface area contributed by atoms with Gasteiger partial charge in [0.05, 0.1) is 6.61 Å². The van der Waals surface area contributed by atoms with Crippen LogP contribution in [0.4, 0.5) is 4.79 Å². The molecule has 16 heavy (non-hydrogen) atoms. The third-order valence-electron chi connectivity index (χ3n) is 1.77. The number of hydrogen-bond acceptors (Lipinski definition) is 3. The minimum Gasteiger partial charge on any atom is -0.380 e. The van der Waals surface area contributed by atoms with E-state index in [2.05, 4.69) is 17.6 Å². The Hall–Kier alpha value is -0.810. The second-order valence-corrected chi connectivity index (χ2v) is 3.98. The Morgan fingerprint density at radius 3 is 2.62 bits per heavy atom. The van der Waals surface area contributed by atoms with E-state index >= 15 is 0 Å². The number of carbonyl (C=O) groups excluding carboxylic acids is 2. The Bertz CT molecular complexity index is 222. The number of ether oxygens (including phenoxy) is 1. The molecule has 0 aromatic heterocycles. The first-order valence-corrected chi connectivity index (χ1v) is 5.82. The molecule has 0 aromatic rings. The van der Waals surface area contributed by atoms with Crippen LogP contribution in [0.2, 0.25) is 0 Å². The summed E-state index contributed by atoms with van der Waals surface area (Å²) in [6, 6.07) is -0.545. The lowest BCUT2D eigenvalue weighted by atomic mass is 10.4. The topological polar surface area (TPSA) is 67.4 Å². The summed E-state index contributed by atoms with van der Waals surface area (Å²) >= 11 is 5.47. The van der Waals surface area contributed by atoms with Crippen molar-refractivity contribution in [1.29, 1.82) is 0 Å². The maximum Gasteiger partial charge on any atom is 0.321 e. The van der Waals surface area contributed by atoms with Crippen molar-refractivity contribution in [3.63, 3.8) is 0 Å². The highest BCUT2D eigenvalue weighted by molar-refractivity contribution is 6.31. The van der Waals surface area contributed by atoms with Crippen LogP contribution in [0.1, 0.15) is 26.7 Å². The van der Waals surface area contributed by atoms with E-state index in [0.717, 1.165) is 12.8 Å². The molecule has 2 N–H and O–H groups in total. The first kappa shape index (κ1) is 15.2. The highest BCUT2D eigenvalue weighted by atomic mass is 35.5. The Morgan fingerprint density at radius 2 is 2.06 bits per heavy atom. The maximum atomic E-state index is 11.1. The van der Waals surface area contributed by atoms with E-state index in [-0.39, 0.29) is 0 Å². The second kappa shape index (κ2) is 9.42. The van der Waals surface area contributed by atoms with Crippen LogP contribution in [0, 0.1) is 0 Å². The largest absolute Gasteiger partial charge is 0.380 e. The van der Waals surface area contributed by atoms with Crippen LogP contribution >= 0.6 is 11.6 Å². The number of amides is 3. The normalized spacial score (nSPS) is 11.9. The monoisotopic (exact) mass is 250 g/mol. The minimum absolute atomic E-state index is 0.374. The molecule has 0 saturated heterocycles. The zero-order valence-corrected chi connectivity index (χ0v) is 10.5. The van der Waals surface area contributed by atoms with Crippen LogP contribution in [0.25, 0.3) is 0 Å². The summed E-state index contributed by atoms with van der Waals surface area (Å²) in [6.45, 7) is 5.08. The molecule has 0 aliphatic carbocycles. The van der Waals surface area contributed by atoms with Gasteiger partial charge in [0.25, 0.3) is 0 Å². The van der Waals surface area contributed by atoms with Crippen molar-refractivity contribution in [3.8, 4) is 0 Å². The van der Waals surface area contributed by atoms with Crippen molar-refractivity contribution in [1.82, 2.24) is 10.6 Å². The Morgan fingerprint density at radius 1 is 1.38 bits per heavy atom. The standard InChI is InChI=1S/C10H19ClN2O3/c1-3-4-6-16-7-5-12-10(15)13-9(14)8(2)11/h8H,3-7H2,1-2H3,(H2,12,13,14,15). The van der Waals surface area contributed by atoms with Gasteiger partial charge in [0.2, 0.25) is 5.91 Å². The summed E-state index contributed by atoms with van der Waals surface area (Å²) in [5, 5.41) is 3.88. The molecule has 94 valence electrons. The molecule has 1 atom stereocenters. The highest BCUT2D eigenvalue weighted by Gasteiger charge is 2.11. The lowest BCUT2D eigenvalue weighted by Gasteiger charge is -2.07. The molecule has 0 fully saturated rings. The summed E-state index contributed by atoms with van der Waals surface area (Å²) < 4.78 is 5.22. The summed E-state index contributed by atoms with van der Waals surface area (Å²) in [6.07, 6.45) is 2.09. The molecule has 3 amide bonds. The first-order chi connectivity index (χ1) is 7.57. The summed E-state index contributed by atoms with van der Waals surface area (Å²) in [4.78, 5) is 22.1. The van der Waals surface area contributed by atoms with E-state index in [1.165, 1.54) is 6.92 Å². The van der Waals surface area contributed by atoms with Crippen LogP contribution in [-0.4, -0.2) is 37.1 Å². The predicted octanol–water partition coefficient (Wildman–Crippen LogP) is 1.26. The van der Waals surface area contributed by atoms with Gasteiger partial charge in [0.1, 0.15) is 5.38 Å². The third kappa shape index (κ3) is 8.49. The van der Waals surface area contributed by atoms with E-state index in [1.807, 2.05) is 0 Å². The molecule has 0 bridgehead atoms. The summed E-state index contributed by atoms with van der Waals surface area (Å²) in [5.74, 6) is -0.508. The molecule has 6 heteroatoms. The molecular weight excluding hydrogens is 232 g/mol. The maximum absolute atomic E-state index is 11.1. The molecule has 1 unspecified atom stereocenters. The summed E-state index contributed by atoms with van der Waals surface area (Å²) in [5.41, 5.74) is 0. The van der Waals surface area contributed by atoms with E-state index in [4.69, 9.17) is 16.3 Å². The fourth-order valence-electron chi connectivity index (χ4n) is 0.841. The molecule has 0 aliphatic heterocycles. The van der Waals surface area contributed by atoms with Gasteiger partial charge in [-0.15, -0.1) is 11.6 Å². The highest BCUT2D eigenvalue weighted by Crippen LogP contribution is 1.91. The average Bonchev–Trinajstić information content (AvgIpc) is 2.23. The van der Waals surface area contributed by atoms with Gasteiger partial charge in [-0.05, 0) is 13.3 Å². The lowest BCUT2D eigenvalue weighted by molar-refractivity contribution is -0.119. The lowest BCUT2D eigenvalue weighted by Crippen LogP contribution is -2.43. The van der Waals surface area contributed by atoms with Crippen LogP contribution in [0.3, 0.4) is 0 Å². The third-order valence-corrected chi connectivity index (χ3v) is 1.97. The van der Waals surface area contributed by atoms with Gasteiger partial charge in [-0.2, -0.15) is 0 Å². The van der Waals surface area contributed by atoms with Crippen molar-refractivity contribution in [2.75, 3.05) is 19.8 Å². The zero-order chi connectivity index (χ0) is 12.4. The zero-order valence-electron chi connectivity index (χ0n) is 9.72. The average molecular weight is 251 g/mol. The van der Waals surface area contributed by atoms with Gasteiger partial charge in [0.15, 0.2) is 0 Å². The minimum atomic E-state index is -0.716. The molecule has 0 rings (SSSR count). The van der Waals surface area contributed by atoms with Gasteiger partial charge in [-0.3, -0.25) is 10.1 Å². The van der Waals surface area contributed by atoms with Crippen molar-refractivity contribution in [3.05, 3.63) is 0 Å². The van der Waals surface area contributed by atoms with Crippen molar-refractivity contribution >= 4 is 23.5 Å². The number of rotatable bonds is 7. The molecule has 0 radical (unpaired) electrons. The predicted molar refractivity (Wildman–Crippen MR) is 62.6 cm³/mol.